The van der Waals surface area contributed by atoms with E-state index >= 15 is 0 Å². The Hall–Kier alpha value is -1.65. The first-order chi connectivity index (χ1) is 6.75. The number of aromatic nitrogens is 3. The first kappa shape index (κ1) is 7.73. The van der Waals surface area contributed by atoms with Gasteiger partial charge in [0.05, 0.1) is 17.6 Å². The molecule has 5 heteroatoms. The third-order valence-corrected chi connectivity index (χ3v) is 2.56. The lowest BCUT2D eigenvalue weighted by Crippen LogP contribution is -2.01. The Balaban J connectivity index is 2.40. The molecule has 3 heterocycles. The average molecular weight is 192 g/mol. The molecule has 0 aliphatic carbocycles. The van der Waals surface area contributed by atoms with E-state index in [1.807, 2.05) is 0 Å². The van der Waals surface area contributed by atoms with Crippen molar-refractivity contribution in [3.8, 4) is 0 Å². The molecule has 4 nitrogen and oxygen atoms in total. The number of halogens is 1. The summed E-state index contributed by atoms with van der Waals surface area (Å²) < 4.78 is 14.5. The van der Waals surface area contributed by atoms with E-state index in [1.165, 1.54) is 6.07 Å². The van der Waals surface area contributed by atoms with Crippen LogP contribution in [-0.4, -0.2) is 21.1 Å². The molecule has 0 bridgehead atoms. The maximum absolute atomic E-state index is 12.9. The summed E-state index contributed by atoms with van der Waals surface area (Å²) in [5.74, 6) is -0.139. The molecule has 0 fully saturated rings. The van der Waals surface area contributed by atoms with Crippen molar-refractivity contribution in [2.75, 3.05) is 11.9 Å². The Labute approximate surface area is 79.8 Å². The van der Waals surface area contributed by atoms with Crippen LogP contribution < -0.4 is 5.32 Å². The van der Waals surface area contributed by atoms with Crippen molar-refractivity contribution in [3.05, 3.63) is 23.9 Å². The van der Waals surface area contributed by atoms with Gasteiger partial charge in [-0.1, -0.05) is 6.92 Å². The average Bonchev–Trinajstić information content (AvgIpc) is 2.68. The van der Waals surface area contributed by atoms with Gasteiger partial charge in [0, 0.05) is 18.5 Å². The molecule has 1 N–H and O–H groups in total. The predicted octanol–water partition coefficient (Wildman–Crippen LogP) is 1.40. The van der Waals surface area contributed by atoms with Gasteiger partial charge < -0.3 is 5.32 Å². The van der Waals surface area contributed by atoms with Crippen molar-refractivity contribution in [1.29, 1.82) is 0 Å². The van der Waals surface area contributed by atoms with Crippen LogP contribution in [0.2, 0.25) is 0 Å². The zero-order valence-electron chi connectivity index (χ0n) is 7.66. The van der Waals surface area contributed by atoms with E-state index in [0.29, 0.717) is 11.6 Å². The third-order valence-electron chi connectivity index (χ3n) is 2.56. The lowest BCUT2D eigenvalue weighted by atomic mass is 10.1. The number of nitrogens with one attached hydrogen (secondary N) is 1. The van der Waals surface area contributed by atoms with Crippen LogP contribution in [0, 0.1) is 5.95 Å². The molecule has 0 saturated heterocycles. The Bertz CT molecular complexity index is 505. The highest BCUT2D eigenvalue weighted by molar-refractivity contribution is 5.57. The van der Waals surface area contributed by atoms with Gasteiger partial charge in [0.25, 0.3) is 0 Å². The first-order valence-corrected chi connectivity index (χ1v) is 4.54. The molecule has 0 saturated carbocycles. The van der Waals surface area contributed by atoms with Gasteiger partial charge in [-0.15, -0.1) is 5.10 Å². The SMILES string of the molecule is CC1CNc2cnc3cc(F)nn3c21. The fourth-order valence-corrected chi connectivity index (χ4v) is 1.89. The summed E-state index contributed by atoms with van der Waals surface area (Å²) in [6, 6.07) is 1.34. The van der Waals surface area contributed by atoms with E-state index in [0.717, 1.165) is 17.9 Å². The highest BCUT2D eigenvalue weighted by Gasteiger charge is 2.22. The van der Waals surface area contributed by atoms with Crippen molar-refractivity contribution in [1.82, 2.24) is 14.6 Å². The second-order valence-corrected chi connectivity index (χ2v) is 3.58. The van der Waals surface area contributed by atoms with Crippen molar-refractivity contribution in [2.45, 2.75) is 12.8 Å². The van der Waals surface area contributed by atoms with Crippen LogP contribution in [0.4, 0.5) is 10.1 Å². The monoisotopic (exact) mass is 192 g/mol. The maximum atomic E-state index is 12.9. The van der Waals surface area contributed by atoms with Crippen molar-refractivity contribution >= 4 is 11.3 Å². The minimum atomic E-state index is -0.481. The molecule has 72 valence electrons. The van der Waals surface area contributed by atoms with E-state index in [2.05, 4.69) is 22.3 Å². The van der Waals surface area contributed by atoms with Crippen molar-refractivity contribution in [3.63, 3.8) is 0 Å². The van der Waals surface area contributed by atoms with E-state index in [9.17, 15) is 4.39 Å². The van der Waals surface area contributed by atoms with Crippen LogP contribution in [0.5, 0.6) is 0 Å². The quantitative estimate of drug-likeness (QED) is 0.686. The van der Waals surface area contributed by atoms with Gasteiger partial charge in [-0.25, -0.2) is 9.50 Å². The summed E-state index contributed by atoms with van der Waals surface area (Å²) in [5, 5.41) is 6.99. The summed E-state index contributed by atoms with van der Waals surface area (Å²) in [7, 11) is 0. The molecule has 0 aromatic carbocycles. The van der Waals surface area contributed by atoms with Crippen LogP contribution in [0.15, 0.2) is 12.3 Å². The largest absolute Gasteiger partial charge is 0.382 e. The Morgan fingerprint density at radius 1 is 1.64 bits per heavy atom. The lowest BCUT2D eigenvalue weighted by Gasteiger charge is -2.04. The number of nitrogens with zero attached hydrogens (tertiary/aromatic N) is 3. The molecule has 2 aromatic rings. The van der Waals surface area contributed by atoms with E-state index in [4.69, 9.17) is 0 Å². The zero-order valence-corrected chi connectivity index (χ0v) is 7.66. The van der Waals surface area contributed by atoms with Gasteiger partial charge in [0.1, 0.15) is 0 Å². The molecule has 14 heavy (non-hydrogen) atoms. The highest BCUT2D eigenvalue weighted by atomic mass is 19.1. The van der Waals surface area contributed by atoms with Crippen LogP contribution >= 0.6 is 0 Å². The van der Waals surface area contributed by atoms with Gasteiger partial charge in [-0.2, -0.15) is 4.39 Å². The van der Waals surface area contributed by atoms with E-state index in [1.54, 1.807) is 10.7 Å². The molecule has 1 atom stereocenters. The Morgan fingerprint density at radius 2 is 2.50 bits per heavy atom. The van der Waals surface area contributed by atoms with Gasteiger partial charge in [-0.3, -0.25) is 0 Å². The second-order valence-electron chi connectivity index (χ2n) is 3.58. The molecular formula is C9H9FN4. The molecule has 1 aliphatic rings. The molecule has 0 spiro atoms. The number of hydrogen-bond acceptors (Lipinski definition) is 3. The smallest absolute Gasteiger partial charge is 0.235 e. The van der Waals surface area contributed by atoms with Gasteiger partial charge in [0.15, 0.2) is 5.65 Å². The van der Waals surface area contributed by atoms with Crippen LogP contribution in [0.3, 0.4) is 0 Å². The summed E-state index contributed by atoms with van der Waals surface area (Å²) in [6.07, 6.45) is 1.73. The van der Waals surface area contributed by atoms with Crippen molar-refractivity contribution in [2.24, 2.45) is 0 Å². The standard InChI is InChI=1S/C9H9FN4/c1-5-3-11-6-4-12-8-2-7(10)13-14(8)9(5)6/h2,4-5,11H,3H2,1H3. The molecule has 0 radical (unpaired) electrons. The van der Waals surface area contributed by atoms with Crippen LogP contribution in [-0.2, 0) is 0 Å². The summed E-state index contributed by atoms with van der Waals surface area (Å²) >= 11 is 0. The number of rotatable bonds is 0. The second kappa shape index (κ2) is 2.43. The van der Waals surface area contributed by atoms with Gasteiger partial charge >= 0.3 is 0 Å². The summed E-state index contributed by atoms with van der Waals surface area (Å²) in [5.41, 5.74) is 2.53. The molecule has 2 aromatic heterocycles. The predicted molar refractivity (Wildman–Crippen MR) is 49.8 cm³/mol. The minimum absolute atomic E-state index is 0.342. The molecule has 1 unspecified atom stereocenters. The Kier molecular flexibility index (Phi) is 1.34. The molecule has 0 amide bonds. The third kappa shape index (κ3) is 0.865. The molecular weight excluding hydrogens is 183 g/mol. The van der Waals surface area contributed by atoms with E-state index < -0.39 is 5.95 Å². The van der Waals surface area contributed by atoms with Gasteiger partial charge in [-0.05, 0) is 0 Å². The van der Waals surface area contributed by atoms with E-state index in [-0.39, 0.29) is 0 Å². The fourth-order valence-electron chi connectivity index (χ4n) is 1.89. The minimum Gasteiger partial charge on any atom is -0.382 e. The fraction of sp³-hybridized carbons (Fsp3) is 0.333. The summed E-state index contributed by atoms with van der Waals surface area (Å²) in [6.45, 7) is 2.94. The number of fused-ring (bicyclic) bond motifs is 3. The maximum Gasteiger partial charge on any atom is 0.235 e. The number of hydrogen-bond donors (Lipinski definition) is 1. The highest BCUT2D eigenvalue weighted by Crippen LogP contribution is 2.30. The van der Waals surface area contributed by atoms with Crippen molar-refractivity contribution < 1.29 is 4.39 Å². The number of anilines is 1. The van der Waals surface area contributed by atoms with Crippen LogP contribution in [0.25, 0.3) is 5.65 Å². The molecule has 1 aliphatic heterocycles. The summed E-state index contributed by atoms with van der Waals surface area (Å²) in [4.78, 5) is 4.11. The van der Waals surface area contributed by atoms with Gasteiger partial charge in [0.2, 0.25) is 5.95 Å². The zero-order chi connectivity index (χ0) is 9.71. The van der Waals surface area contributed by atoms with Crippen LogP contribution in [0.1, 0.15) is 18.5 Å². The lowest BCUT2D eigenvalue weighted by molar-refractivity contribution is 0.565. The molecule has 3 rings (SSSR count). The topological polar surface area (TPSA) is 42.2 Å². The Morgan fingerprint density at radius 3 is 3.36 bits per heavy atom. The first-order valence-electron chi connectivity index (χ1n) is 4.54. The normalized spacial score (nSPS) is 19.7.